The first-order valence-corrected chi connectivity index (χ1v) is 47.8. The summed E-state index contributed by atoms with van der Waals surface area (Å²) < 4.78 is 55.5. The van der Waals surface area contributed by atoms with Crippen molar-refractivity contribution in [1.82, 2.24) is 25.8 Å². The van der Waals surface area contributed by atoms with E-state index >= 15 is 0 Å². The largest absolute Gasteiger partial charge is 0.466 e. The summed E-state index contributed by atoms with van der Waals surface area (Å²) in [6.45, 7) is 14.0. The second-order valence-corrected chi connectivity index (χ2v) is 35.8. The van der Waals surface area contributed by atoms with E-state index in [1.807, 2.05) is 0 Å². The van der Waals surface area contributed by atoms with Gasteiger partial charge in [0.15, 0.2) is 12.2 Å². The van der Waals surface area contributed by atoms with Gasteiger partial charge in [-0.2, -0.15) is 0 Å². The SMILES string of the molecule is CCCCCCCCCC(=O)OCC(CN1CC1C)OC(=O)NC1CCC(CC2CCC(CC(=O)OCCCCCCOC(=O)CCCCC(=O)OCCCCCCOC(=O)CCCCC(=O)OCCCCCCOC(=O)NC3CCC(CC4CCC(NC(=O)OC(COC(=O)CCCCCCCCC)CN5CC5C)CC4)CC3)CC2)CC1. The minimum atomic E-state index is -0.490. The lowest BCUT2D eigenvalue weighted by Gasteiger charge is -2.34. The lowest BCUT2D eigenvalue weighted by atomic mass is 9.74. The molecule has 2 aliphatic heterocycles. The molecule has 25 nitrogen and oxygen atoms in total. The summed E-state index contributed by atoms with van der Waals surface area (Å²) in [4.78, 5) is 130. The Morgan fingerprint density at radius 2 is 0.517 bits per heavy atom. The molecular weight excluding hydrogens is 1510 g/mol. The number of esters is 7. The van der Waals surface area contributed by atoms with Crippen LogP contribution in [0.25, 0.3) is 0 Å². The molecule has 118 heavy (non-hydrogen) atoms. The number of alkyl carbamates (subject to hydrolysis) is 3. The van der Waals surface area contributed by atoms with E-state index < -0.39 is 24.4 Å². The van der Waals surface area contributed by atoms with Gasteiger partial charge in [0.05, 0.1) is 39.6 Å². The van der Waals surface area contributed by atoms with Crippen molar-refractivity contribution in [2.24, 2.45) is 29.6 Å². The molecule has 0 radical (unpaired) electrons. The molecule has 0 spiro atoms. The molecule has 6 fully saturated rings. The Kier molecular flexibility index (Phi) is 53.9. The summed E-state index contributed by atoms with van der Waals surface area (Å²) in [7, 11) is 0. The maximum Gasteiger partial charge on any atom is 0.407 e. The van der Waals surface area contributed by atoms with Gasteiger partial charge >= 0.3 is 60.1 Å². The number of nitrogens with zero attached hydrogens (tertiary/aromatic N) is 2. The fraction of sp³-hybridized carbons (Fsp3) is 0.892. The second kappa shape index (κ2) is 63.0. The highest BCUT2D eigenvalue weighted by molar-refractivity contribution is 5.73. The Bertz CT molecular complexity index is 2580. The van der Waals surface area contributed by atoms with Crippen LogP contribution >= 0.6 is 0 Å². The van der Waals surface area contributed by atoms with Crippen LogP contribution in [0, 0.1) is 29.6 Å². The number of carbonyl (C=O) groups is 10. The molecule has 4 aliphatic carbocycles. The van der Waals surface area contributed by atoms with E-state index in [4.69, 9.17) is 47.4 Å². The standard InChI is InChI=1S/C93H161N5O20/c1-5-7-9-11-13-15-23-35-88(103)115-70-82(68-97-66-72(97)3)117-92(107)95-80-53-47-75(48-54-80)63-74-41-43-78(44-42-74)65-90(105)113-61-33-20-19-31-59-111-86(101)39-26-25-37-84(99)109-57-29-17-18-30-58-110-85(100)38-27-28-40-87(102)112-60-32-21-22-34-62-114-91(106)94-79-51-45-76(46-52-79)64-77-49-55-81(56-50-77)96-93(108)118-83(69-98-67-73(98)4)71-116-89(104)36-24-16-14-12-10-8-6-2/h72-83H,5-71H2,1-4H3,(H,94,106)(H,95,107)(H,96,108). The molecule has 6 rings (SSSR count). The maximum atomic E-state index is 13.0. The summed E-state index contributed by atoms with van der Waals surface area (Å²) in [6, 6.07) is 1.20. The van der Waals surface area contributed by atoms with E-state index in [2.05, 4.69) is 53.4 Å². The van der Waals surface area contributed by atoms with Gasteiger partial charge in [-0.15, -0.1) is 0 Å². The average Bonchev–Trinajstić information content (AvgIpc) is 1.70. The summed E-state index contributed by atoms with van der Waals surface area (Å²) in [6.07, 6.45) is 46.6. The minimum absolute atomic E-state index is 0.0813. The van der Waals surface area contributed by atoms with Crippen LogP contribution in [0.15, 0.2) is 0 Å². The van der Waals surface area contributed by atoms with Crippen molar-refractivity contribution in [2.75, 3.05) is 79.0 Å². The zero-order valence-electron chi connectivity index (χ0n) is 73.9. The molecule has 3 N–H and O–H groups in total. The van der Waals surface area contributed by atoms with Crippen LogP contribution in [0.1, 0.15) is 381 Å². The number of hydrogen-bond acceptors (Lipinski definition) is 22. The normalized spacial score (nSPS) is 23.2. The Balaban J connectivity index is 0.618. The third-order valence-electron chi connectivity index (χ3n) is 25.2. The Morgan fingerprint density at radius 3 is 0.822 bits per heavy atom. The summed E-state index contributed by atoms with van der Waals surface area (Å²) in [5.74, 6) is 1.30. The number of unbranched alkanes of at least 4 members (excludes halogenated alkanes) is 23. The van der Waals surface area contributed by atoms with Crippen LogP contribution in [0.5, 0.6) is 0 Å². The molecule has 3 amide bonds. The van der Waals surface area contributed by atoms with E-state index in [1.54, 1.807) is 0 Å². The maximum absolute atomic E-state index is 13.0. The molecule has 6 aliphatic rings. The highest BCUT2D eigenvalue weighted by atomic mass is 16.6. The van der Waals surface area contributed by atoms with Crippen molar-refractivity contribution in [2.45, 2.75) is 423 Å². The van der Waals surface area contributed by atoms with Crippen molar-refractivity contribution in [1.29, 1.82) is 0 Å². The quantitative estimate of drug-likeness (QED) is 0.0220. The highest BCUT2D eigenvalue weighted by Crippen LogP contribution is 2.39. The zero-order chi connectivity index (χ0) is 84.4. The van der Waals surface area contributed by atoms with Gasteiger partial charge in [0.25, 0.3) is 0 Å². The fourth-order valence-electron chi connectivity index (χ4n) is 17.4. The predicted molar refractivity (Wildman–Crippen MR) is 454 cm³/mol. The van der Waals surface area contributed by atoms with Gasteiger partial charge in [0.2, 0.25) is 0 Å². The number of rotatable bonds is 66. The molecule has 6 unspecified atom stereocenters. The number of nitrogens with one attached hydrogen (secondary N) is 3. The van der Waals surface area contributed by atoms with E-state index in [0.717, 1.165) is 219 Å². The molecule has 2 heterocycles. The van der Waals surface area contributed by atoms with Gasteiger partial charge in [-0.3, -0.25) is 43.4 Å². The Hall–Kier alpha value is -5.98. The topological polar surface area (TPSA) is 305 Å². The zero-order valence-corrected chi connectivity index (χ0v) is 73.9. The van der Waals surface area contributed by atoms with E-state index in [-0.39, 0.29) is 105 Å². The van der Waals surface area contributed by atoms with Crippen molar-refractivity contribution in [3.63, 3.8) is 0 Å². The number of carbonyl (C=O) groups excluding carboxylic acids is 10. The van der Waals surface area contributed by atoms with E-state index in [0.29, 0.717) is 152 Å². The van der Waals surface area contributed by atoms with Crippen molar-refractivity contribution < 1.29 is 95.3 Å². The lowest BCUT2D eigenvalue weighted by Crippen LogP contribution is -2.42. The molecule has 0 aromatic heterocycles. The molecule has 6 atom stereocenters. The van der Waals surface area contributed by atoms with Gasteiger partial charge in [-0.05, 0) is 262 Å². The molecule has 25 heteroatoms. The molecule has 2 saturated heterocycles. The number of hydrogen-bond donors (Lipinski definition) is 3. The third-order valence-corrected chi connectivity index (χ3v) is 25.2. The Morgan fingerprint density at radius 1 is 0.280 bits per heavy atom. The molecule has 0 bridgehead atoms. The monoisotopic (exact) mass is 1670 g/mol. The first-order valence-electron chi connectivity index (χ1n) is 47.8. The van der Waals surface area contributed by atoms with Gasteiger partial charge in [-0.25, -0.2) is 14.4 Å². The smallest absolute Gasteiger partial charge is 0.407 e. The first kappa shape index (κ1) is 101. The van der Waals surface area contributed by atoms with E-state index in [1.165, 1.54) is 64.2 Å². The van der Waals surface area contributed by atoms with Gasteiger partial charge in [0, 0.05) is 101 Å². The summed E-state index contributed by atoms with van der Waals surface area (Å²) in [5.41, 5.74) is 0. The average molecular weight is 1670 g/mol. The number of amides is 3. The van der Waals surface area contributed by atoms with Crippen LogP contribution < -0.4 is 16.0 Å². The summed E-state index contributed by atoms with van der Waals surface area (Å²) >= 11 is 0. The second-order valence-electron chi connectivity index (χ2n) is 35.8. The highest BCUT2D eigenvalue weighted by Gasteiger charge is 2.37. The van der Waals surface area contributed by atoms with Gasteiger partial charge < -0.3 is 63.3 Å². The van der Waals surface area contributed by atoms with Gasteiger partial charge in [-0.1, -0.05) is 104 Å². The van der Waals surface area contributed by atoms with Crippen LogP contribution in [0.2, 0.25) is 0 Å². The molecule has 0 aromatic rings. The van der Waals surface area contributed by atoms with E-state index in [9.17, 15) is 47.9 Å². The first-order chi connectivity index (χ1) is 57.4. The predicted octanol–water partition coefficient (Wildman–Crippen LogP) is 18.8. The van der Waals surface area contributed by atoms with Crippen LogP contribution in [0.3, 0.4) is 0 Å². The van der Waals surface area contributed by atoms with Crippen LogP contribution in [-0.4, -0.2) is 191 Å². The Labute approximate surface area is 709 Å². The summed E-state index contributed by atoms with van der Waals surface area (Å²) in [5, 5.41) is 9.30. The van der Waals surface area contributed by atoms with Crippen molar-refractivity contribution in [3.05, 3.63) is 0 Å². The van der Waals surface area contributed by atoms with Crippen LogP contribution in [-0.2, 0) is 80.9 Å². The molecule has 678 valence electrons. The third kappa shape index (κ3) is 50.4. The molecular formula is C93H161N5O20. The molecule has 4 saturated carbocycles. The van der Waals surface area contributed by atoms with Gasteiger partial charge in [0.1, 0.15) is 13.2 Å². The minimum Gasteiger partial charge on any atom is -0.466 e. The molecule has 0 aromatic carbocycles. The van der Waals surface area contributed by atoms with Crippen molar-refractivity contribution >= 4 is 60.1 Å². The van der Waals surface area contributed by atoms with Crippen LogP contribution in [0.4, 0.5) is 14.4 Å². The van der Waals surface area contributed by atoms with Crippen molar-refractivity contribution in [3.8, 4) is 0 Å². The lowest BCUT2D eigenvalue weighted by molar-refractivity contribution is -0.147. The number of ether oxygens (including phenoxy) is 10. The fourth-order valence-corrected chi connectivity index (χ4v) is 17.4.